The Labute approximate surface area is 212 Å². The van der Waals surface area contributed by atoms with Crippen molar-refractivity contribution in [3.63, 3.8) is 0 Å². The molecule has 182 valence electrons. The number of nitrogens with two attached hydrogens (primary N) is 1. The summed E-state index contributed by atoms with van der Waals surface area (Å²) in [5.74, 6) is 0.868. The summed E-state index contributed by atoms with van der Waals surface area (Å²) >= 11 is 0. The molecule has 6 nitrogen and oxygen atoms in total. The molecule has 0 saturated carbocycles. The Kier molecular flexibility index (Phi) is 6.25. The monoisotopic (exact) mass is 476 g/mol. The molecule has 0 aliphatic heterocycles. The van der Waals surface area contributed by atoms with Gasteiger partial charge in [-0.1, -0.05) is 24.3 Å². The highest BCUT2D eigenvalue weighted by Gasteiger charge is 2.09. The predicted octanol–water partition coefficient (Wildman–Crippen LogP) is 6.22. The van der Waals surface area contributed by atoms with Gasteiger partial charge in [-0.05, 0) is 77.4 Å². The number of nitrogens with one attached hydrogen (secondary N) is 2. The van der Waals surface area contributed by atoms with Crippen LogP contribution >= 0.6 is 0 Å². The third-order valence-corrected chi connectivity index (χ3v) is 6.46. The van der Waals surface area contributed by atoms with Gasteiger partial charge in [-0.3, -0.25) is 0 Å². The van der Waals surface area contributed by atoms with E-state index in [0.717, 1.165) is 50.6 Å². The Bertz CT molecular complexity index is 1480. The molecule has 0 bridgehead atoms. The smallest absolute Gasteiger partial charge is 0.138 e. The minimum atomic E-state index is 0.705. The standard InChI is InChI=1S/C30H32N6/c1-35(2)24-11-5-20(6-12-24)19-32-28-17-22(9-15-26(28)31)23-10-16-27-29(18-23)34-30(33-27)21-7-13-25(14-8-21)36(3)4/h5-18,32H,19,31H2,1-4H3,(H,33,34). The lowest BCUT2D eigenvalue weighted by Crippen LogP contribution is -2.08. The minimum Gasteiger partial charge on any atom is -0.397 e. The molecule has 0 atom stereocenters. The normalized spacial score (nSPS) is 11.0. The number of nitrogens with zero attached hydrogens (tertiary/aromatic N) is 3. The van der Waals surface area contributed by atoms with Gasteiger partial charge in [0.25, 0.3) is 0 Å². The van der Waals surface area contributed by atoms with Gasteiger partial charge in [0.2, 0.25) is 0 Å². The number of nitrogen functional groups attached to an aromatic ring is 1. The molecule has 6 heteroatoms. The quantitative estimate of drug-likeness (QED) is 0.243. The fourth-order valence-corrected chi connectivity index (χ4v) is 4.24. The first-order valence-corrected chi connectivity index (χ1v) is 12.0. The van der Waals surface area contributed by atoms with Crippen LogP contribution in [0.1, 0.15) is 5.56 Å². The third-order valence-electron chi connectivity index (χ3n) is 6.46. The highest BCUT2D eigenvalue weighted by Crippen LogP contribution is 2.31. The van der Waals surface area contributed by atoms with Gasteiger partial charge in [-0.2, -0.15) is 0 Å². The lowest BCUT2D eigenvalue weighted by atomic mass is 10.0. The van der Waals surface area contributed by atoms with Crippen LogP contribution in [0.2, 0.25) is 0 Å². The number of fused-ring (bicyclic) bond motifs is 1. The Hall–Kier alpha value is -4.45. The van der Waals surface area contributed by atoms with Crippen molar-refractivity contribution in [3.8, 4) is 22.5 Å². The number of aromatic nitrogens is 2. The molecule has 0 aliphatic rings. The Morgan fingerprint density at radius 2 is 1.31 bits per heavy atom. The van der Waals surface area contributed by atoms with E-state index < -0.39 is 0 Å². The van der Waals surface area contributed by atoms with E-state index >= 15 is 0 Å². The second-order valence-electron chi connectivity index (χ2n) is 9.48. The summed E-state index contributed by atoms with van der Waals surface area (Å²) in [6, 6.07) is 29.4. The molecule has 5 aromatic rings. The van der Waals surface area contributed by atoms with Crippen molar-refractivity contribution >= 4 is 33.8 Å². The van der Waals surface area contributed by atoms with Gasteiger partial charge in [-0.15, -0.1) is 0 Å². The molecule has 4 N–H and O–H groups in total. The molecular weight excluding hydrogens is 444 g/mol. The largest absolute Gasteiger partial charge is 0.397 e. The van der Waals surface area contributed by atoms with E-state index in [0.29, 0.717) is 6.54 Å². The summed E-state index contributed by atoms with van der Waals surface area (Å²) in [4.78, 5) is 12.5. The first-order chi connectivity index (χ1) is 17.4. The van der Waals surface area contributed by atoms with Crippen LogP contribution in [0.4, 0.5) is 22.7 Å². The molecule has 0 aliphatic carbocycles. The number of rotatable bonds is 7. The lowest BCUT2D eigenvalue weighted by molar-refractivity contribution is 1.11. The zero-order valence-electron chi connectivity index (χ0n) is 21.2. The van der Waals surface area contributed by atoms with Crippen molar-refractivity contribution < 1.29 is 0 Å². The Morgan fingerprint density at radius 3 is 1.97 bits per heavy atom. The number of anilines is 4. The number of H-pyrrole nitrogens is 1. The molecule has 4 aromatic carbocycles. The van der Waals surface area contributed by atoms with Crippen LogP contribution in [-0.2, 0) is 6.54 Å². The molecule has 0 spiro atoms. The van der Waals surface area contributed by atoms with Gasteiger partial charge in [-0.25, -0.2) is 4.98 Å². The molecule has 0 saturated heterocycles. The minimum absolute atomic E-state index is 0.705. The number of imidazole rings is 1. The molecule has 1 aromatic heterocycles. The zero-order valence-corrected chi connectivity index (χ0v) is 21.2. The van der Waals surface area contributed by atoms with Crippen LogP contribution in [0.15, 0.2) is 84.9 Å². The van der Waals surface area contributed by atoms with Crippen LogP contribution in [0.3, 0.4) is 0 Å². The van der Waals surface area contributed by atoms with Gasteiger partial charge in [0.05, 0.1) is 22.4 Å². The van der Waals surface area contributed by atoms with Gasteiger partial charge in [0.1, 0.15) is 5.82 Å². The van der Waals surface area contributed by atoms with Crippen molar-refractivity contribution in [1.29, 1.82) is 0 Å². The molecule has 1 heterocycles. The summed E-state index contributed by atoms with van der Waals surface area (Å²) in [7, 11) is 8.17. The number of aromatic amines is 1. The van der Waals surface area contributed by atoms with Crippen LogP contribution in [0.25, 0.3) is 33.5 Å². The summed E-state index contributed by atoms with van der Waals surface area (Å²) < 4.78 is 0. The van der Waals surface area contributed by atoms with Crippen LogP contribution in [0, 0.1) is 0 Å². The van der Waals surface area contributed by atoms with Crippen molar-refractivity contribution in [2.24, 2.45) is 0 Å². The summed E-state index contributed by atoms with van der Waals surface area (Å²) in [6.07, 6.45) is 0. The molecule has 0 fully saturated rings. The van der Waals surface area contributed by atoms with Gasteiger partial charge in [0.15, 0.2) is 0 Å². The van der Waals surface area contributed by atoms with E-state index in [4.69, 9.17) is 10.7 Å². The maximum absolute atomic E-state index is 6.29. The third kappa shape index (κ3) is 4.84. The summed E-state index contributed by atoms with van der Waals surface area (Å²) in [5, 5.41) is 3.50. The number of hydrogen-bond acceptors (Lipinski definition) is 5. The fourth-order valence-electron chi connectivity index (χ4n) is 4.24. The topological polar surface area (TPSA) is 73.2 Å². The first kappa shape index (κ1) is 23.3. The van der Waals surface area contributed by atoms with Crippen LogP contribution < -0.4 is 20.9 Å². The molecule has 0 amide bonds. The highest BCUT2D eigenvalue weighted by molar-refractivity contribution is 5.86. The SMILES string of the molecule is CN(C)c1ccc(CNc2cc(-c3ccc4nc(-c5ccc(N(C)C)cc5)[nH]c4c3)ccc2N)cc1. The van der Waals surface area contributed by atoms with E-state index in [2.05, 4.69) is 99.0 Å². The van der Waals surface area contributed by atoms with Gasteiger partial charge >= 0.3 is 0 Å². The summed E-state index contributed by atoms with van der Waals surface area (Å²) in [6.45, 7) is 0.705. The van der Waals surface area contributed by atoms with E-state index in [9.17, 15) is 0 Å². The van der Waals surface area contributed by atoms with E-state index in [1.807, 2.05) is 34.3 Å². The van der Waals surface area contributed by atoms with Crippen molar-refractivity contribution in [2.45, 2.75) is 6.54 Å². The van der Waals surface area contributed by atoms with E-state index in [1.54, 1.807) is 0 Å². The molecule has 36 heavy (non-hydrogen) atoms. The van der Waals surface area contributed by atoms with Crippen molar-refractivity contribution in [1.82, 2.24) is 9.97 Å². The summed E-state index contributed by atoms with van der Waals surface area (Å²) in [5.41, 5.74) is 16.7. The zero-order chi connectivity index (χ0) is 25.2. The van der Waals surface area contributed by atoms with Crippen molar-refractivity contribution in [3.05, 3.63) is 90.5 Å². The fraction of sp³-hybridized carbons (Fsp3) is 0.167. The molecule has 0 unspecified atom stereocenters. The van der Waals surface area contributed by atoms with Gasteiger partial charge in [0, 0.05) is 51.7 Å². The molecule has 5 rings (SSSR count). The Balaban J connectivity index is 1.37. The maximum Gasteiger partial charge on any atom is 0.138 e. The van der Waals surface area contributed by atoms with Crippen LogP contribution in [-0.4, -0.2) is 38.2 Å². The number of benzene rings is 4. The molecular formula is C30H32N6. The molecule has 0 radical (unpaired) electrons. The predicted molar refractivity (Wildman–Crippen MR) is 154 cm³/mol. The second kappa shape index (κ2) is 9.66. The lowest BCUT2D eigenvalue weighted by Gasteiger charge is -2.14. The maximum atomic E-state index is 6.29. The number of hydrogen-bond donors (Lipinski definition) is 3. The average molecular weight is 477 g/mol. The van der Waals surface area contributed by atoms with Crippen molar-refractivity contribution in [2.75, 3.05) is 49.0 Å². The van der Waals surface area contributed by atoms with E-state index in [1.165, 1.54) is 11.3 Å². The Morgan fingerprint density at radius 1 is 0.722 bits per heavy atom. The van der Waals surface area contributed by atoms with E-state index in [-0.39, 0.29) is 0 Å². The van der Waals surface area contributed by atoms with Gasteiger partial charge < -0.3 is 25.8 Å². The average Bonchev–Trinajstić information content (AvgIpc) is 3.32. The van der Waals surface area contributed by atoms with Crippen LogP contribution in [0.5, 0.6) is 0 Å². The first-order valence-electron chi connectivity index (χ1n) is 12.0. The second-order valence-corrected chi connectivity index (χ2v) is 9.48. The highest BCUT2D eigenvalue weighted by atomic mass is 15.1.